The van der Waals surface area contributed by atoms with Crippen LogP contribution in [-0.4, -0.2) is 29.2 Å². The Morgan fingerprint density at radius 3 is 2.71 bits per heavy atom. The molecular formula is C14H21NO2. The van der Waals surface area contributed by atoms with E-state index in [1.54, 1.807) is 0 Å². The second kappa shape index (κ2) is 2.94. The molecule has 2 aliphatic heterocycles. The Morgan fingerprint density at radius 2 is 2.18 bits per heavy atom. The van der Waals surface area contributed by atoms with Gasteiger partial charge in [-0.3, -0.25) is 4.79 Å². The lowest BCUT2D eigenvalue weighted by Gasteiger charge is -2.38. The lowest BCUT2D eigenvalue weighted by Crippen LogP contribution is -2.51. The van der Waals surface area contributed by atoms with Crippen molar-refractivity contribution >= 4 is 5.91 Å². The highest BCUT2D eigenvalue weighted by Crippen LogP contribution is 2.64. The van der Waals surface area contributed by atoms with Gasteiger partial charge in [0.1, 0.15) is 5.72 Å². The van der Waals surface area contributed by atoms with E-state index in [2.05, 4.69) is 34.3 Å². The Bertz CT molecular complexity index is 398. The van der Waals surface area contributed by atoms with Crippen molar-refractivity contribution in [3.63, 3.8) is 0 Å². The fraction of sp³-hybridized carbons (Fsp3) is 0.786. The van der Waals surface area contributed by atoms with Gasteiger partial charge in [0.05, 0.1) is 18.6 Å². The Labute approximate surface area is 103 Å². The summed E-state index contributed by atoms with van der Waals surface area (Å²) in [6.07, 6.45) is 1.92. The van der Waals surface area contributed by atoms with E-state index < -0.39 is 0 Å². The Balaban J connectivity index is 1.95. The quantitative estimate of drug-likeness (QED) is 0.651. The van der Waals surface area contributed by atoms with Gasteiger partial charge in [0.25, 0.3) is 0 Å². The number of amides is 1. The summed E-state index contributed by atoms with van der Waals surface area (Å²) in [5.41, 5.74) is -0.299. The summed E-state index contributed by atoms with van der Waals surface area (Å²) >= 11 is 0. The van der Waals surface area contributed by atoms with Crippen LogP contribution in [-0.2, 0) is 9.53 Å². The number of hydrogen-bond acceptors (Lipinski definition) is 2. The van der Waals surface area contributed by atoms with E-state index in [0.29, 0.717) is 18.4 Å². The van der Waals surface area contributed by atoms with E-state index in [9.17, 15) is 4.79 Å². The number of hydrogen-bond donors (Lipinski definition) is 0. The van der Waals surface area contributed by atoms with Gasteiger partial charge in [-0.1, -0.05) is 26.8 Å². The van der Waals surface area contributed by atoms with Gasteiger partial charge >= 0.3 is 0 Å². The molecule has 2 saturated heterocycles. The van der Waals surface area contributed by atoms with Crippen molar-refractivity contribution in [3.8, 4) is 0 Å². The first kappa shape index (κ1) is 11.3. The van der Waals surface area contributed by atoms with Crippen LogP contribution in [0.4, 0.5) is 0 Å². The van der Waals surface area contributed by atoms with Gasteiger partial charge in [-0.25, -0.2) is 0 Å². The smallest absolute Gasteiger partial charge is 0.229 e. The summed E-state index contributed by atoms with van der Waals surface area (Å²) in [7, 11) is 0. The third kappa shape index (κ3) is 1.18. The van der Waals surface area contributed by atoms with Crippen LogP contribution in [0.25, 0.3) is 0 Å². The summed E-state index contributed by atoms with van der Waals surface area (Å²) < 4.78 is 6.02. The number of allylic oxidation sites excluding steroid dienone is 1. The number of rotatable bonds is 1. The highest BCUT2D eigenvalue weighted by Gasteiger charge is 2.75. The third-order valence-corrected chi connectivity index (χ3v) is 4.81. The van der Waals surface area contributed by atoms with E-state index in [-0.39, 0.29) is 29.0 Å². The van der Waals surface area contributed by atoms with Crippen molar-refractivity contribution in [2.45, 2.75) is 39.5 Å². The predicted molar refractivity (Wildman–Crippen MR) is 65.1 cm³/mol. The van der Waals surface area contributed by atoms with Gasteiger partial charge in [0.2, 0.25) is 5.91 Å². The maximum Gasteiger partial charge on any atom is 0.229 e. The Hall–Kier alpha value is -0.830. The zero-order valence-corrected chi connectivity index (χ0v) is 11.1. The molecular weight excluding hydrogens is 214 g/mol. The maximum absolute atomic E-state index is 12.5. The molecule has 17 heavy (non-hydrogen) atoms. The second-order valence-corrected chi connectivity index (χ2v) is 6.82. The highest BCUT2D eigenvalue weighted by atomic mass is 16.5. The normalized spacial score (nSPS) is 48.0. The molecule has 3 nitrogen and oxygen atoms in total. The standard InChI is InChI=1S/C14H21NO2/c1-6-8-10-11(8)14(5)15(12(10)16)9(7-17-14)13(2,3)4/h6,8-11H,1,7H2,2-5H3/t8-,9-,10+,11-,14-/m1/s1. The van der Waals surface area contributed by atoms with Crippen LogP contribution in [0.2, 0.25) is 0 Å². The molecule has 1 aliphatic carbocycles. The molecule has 0 aromatic heterocycles. The number of carbonyl (C=O) groups is 1. The zero-order valence-electron chi connectivity index (χ0n) is 11.1. The molecule has 0 spiro atoms. The van der Waals surface area contributed by atoms with Crippen LogP contribution in [0, 0.1) is 23.2 Å². The van der Waals surface area contributed by atoms with Gasteiger partial charge < -0.3 is 9.64 Å². The molecule has 0 aromatic rings. The maximum atomic E-state index is 12.5. The van der Waals surface area contributed by atoms with Gasteiger partial charge in [0.15, 0.2) is 0 Å². The summed E-state index contributed by atoms with van der Waals surface area (Å²) in [5, 5.41) is 0. The second-order valence-electron chi connectivity index (χ2n) is 6.82. The zero-order chi connectivity index (χ0) is 12.6. The van der Waals surface area contributed by atoms with E-state index in [4.69, 9.17) is 4.74 Å². The van der Waals surface area contributed by atoms with Gasteiger partial charge in [-0.15, -0.1) is 6.58 Å². The number of carbonyl (C=O) groups excluding carboxylic acids is 1. The lowest BCUT2D eigenvalue weighted by molar-refractivity contribution is -0.145. The van der Waals surface area contributed by atoms with Gasteiger partial charge in [-0.2, -0.15) is 0 Å². The van der Waals surface area contributed by atoms with Crippen molar-refractivity contribution in [2.75, 3.05) is 6.61 Å². The first-order chi connectivity index (χ1) is 7.82. The number of fused-ring (bicyclic) bond motifs is 3. The molecule has 3 rings (SSSR count). The van der Waals surface area contributed by atoms with Crippen molar-refractivity contribution in [1.82, 2.24) is 4.90 Å². The molecule has 2 heterocycles. The first-order valence-corrected chi connectivity index (χ1v) is 6.42. The monoisotopic (exact) mass is 235 g/mol. The van der Waals surface area contributed by atoms with E-state index in [1.165, 1.54) is 0 Å². The minimum atomic E-state index is -0.376. The minimum absolute atomic E-state index is 0.0773. The van der Waals surface area contributed by atoms with Crippen LogP contribution in [0.1, 0.15) is 27.7 Å². The van der Waals surface area contributed by atoms with Gasteiger partial charge in [-0.05, 0) is 18.3 Å². The summed E-state index contributed by atoms with van der Waals surface area (Å²) in [6, 6.07) is 0.207. The Kier molecular flexibility index (Phi) is 1.95. The lowest BCUT2D eigenvalue weighted by atomic mass is 9.86. The molecule has 0 N–H and O–H groups in total. The molecule has 0 aromatic carbocycles. The van der Waals surface area contributed by atoms with Crippen LogP contribution < -0.4 is 0 Å². The van der Waals surface area contributed by atoms with Crippen LogP contribution in [0.15, 0.2) is 12.7 Å². The van der Waals surface area contributed by atoms with E-state index >= 15 is 0 Å². The number of piperidine rings is 1. The van der Waals surface area contributed by atoms with Crippen molar-refractivity contribution < 1.29 is 9.53 Å². The van der Waals surface area contributed by atoms with Crippen LogP contribution in [0.3, 0.4) is 0 Å². The average Bonchev–Trinajstić information content (AvgIpc) is 2.78. The number of nitrogens with zero attached hydrogens (tertiary/aromatic N) is 1. The molecule has 1 saturated carbocycles. The minimum Gasteiger partial charge on any atom is -0.353 e. The van der Waals surface area contributed by atoms with Crippen LogP contribution >= 0.6 is 0 Å². The number of ether oxygens (including phenoxy) is 1. The third-order valence-electron chi connectivity index (χ3n) is 4.81. The molecule has 0 bridgehead atoms. The molecule has 0 radical (unpaired) electrons. The molecule has 3 aliphatic rings. The highest BCUT2D eigenvalue weighted by molar-refractivity contribution is 5.88. The molecule has 0 unspecified atom stereocenters. The first-order valence-electron chi connectivity index (χ1n) is 6.42. The molecule has 1 amide bonds. The van der Waals surface area contributed by atoms with Crippen molar-refractivity contribution in [2.24, 2.45) is 23.2 Å². The predicted octanol–water partition coefficient (Wildman–Crippen LogP) is 2.04. The molecule has 94 valence electrons. The van der Waals surface area contributed by atoms with Crippen molar-refractivity contribution in [1.29, 1.82) is 0 Å². The van der Waals surface area contributed by atoms with E-state index in [0.717, 1.165) is 0 Å². The van der Waals surface area contributed by atoms with Crippen LogP contribution in [0.5, 0.6) is 0 Å². The molecule has 3 heteroatoms. The largest absolute Gasteiger partial charge is 0.353 e. The summed E-state index contributed by atoms with van der Waals surface area (Å²) in [6.45, 7) is 13.1. The fourth-order valence-corrected chi connectivity index (χ4v) is 3.76. The SMILES string of the molecule is C=C[C@@H]1[C@@H]2C(=O)N3[C@@H](C(C)(C)C)CO[C@]3(C)[C@H]12. The summed E-state index contributed by atoms with van der Waals surface area (Å²) in [4.78, 5) is 14.5. The van der Waals surface area contributed by atoms with Crippen molar-refractivity contribution in [3.05, 3.63) is 12.7 Å². The Morgan fingerprint density at radius 1 is 1.53 bits per heavy atom. The average molecular weight is 235 g/mol. The fourth-order valence-electron chi connectivity index (χ4n) is 3.76. The van der Waals surface area contributed by atoms with E-state index in [1.807, 2.05) is 11.0 Å². The topological polar surface area (TPSA) is 29.5 Å². The molecule has 5 atom stereocenters. The molecule has 3 fully saturated rings. The summed E-state index contributed by atoms with van der Waals surface area (Å²) in [5.74, 6) is 1.09. The van der Waals surface area contributed by atoms with Gasteiger partial charge in [0, 0.05) is 5.92 Å².